The van der Waals surface area contributed by atoms with Gasteiger partial charge in [0.15, 0.2) is 0 Å². The van der Waals surface area contributed by atoms with Gasteiger partial charge in [0.25, 0.3) is 10.9 Å². The maximum atomic E-state index is 11.7. The monoisotopic (exact) mass is 523 g/mol. The van der Waals surface area contributed by atoms with Gasteiger partial charge < -0.3 is 24.1 Å². The Morgan fingerprint density at radius 3 is 2.41 bits per heavy atom. The van der Waals surface area contributed by atoms with Gasteiger partial charge in [-0.2, -0.15) is 0 Å². The third-order valence-electron chi connectivity index (χ3n) is 3.99. The molecule has 0 amide bonds. The van der Waals surface area contributed by atoms with Crippen molar-refractivity contribution in [1.29, 1.82) is 0 Å². The highest BCUT2D eigenvalue weighted by molar-refractivity contribution is 9.10. The van der Waals surface area contributed by atoms with Crippen LogP contribution in [0.4, 0.5) is 5.69 Å². The summed E-state index contributed by atoms with van der Waals surface area (Å²) in [6.45, 7) is 0. The average Bonchev–Trinajstić information content (AvgIpc) is 3.24. The smallest absolute Gasteiger partial charge is 0.342 e. The van der Waals surface area contributed by atoms with Crippen LogP contribution in [0, 0.1) is 10.1 Å². The summed E-state index contributed by atoms with van der Waals surface area (Å²) < 4.78 is 16.0. The normalized spacial score (nSPS) is 11.3. The van der Waals surface area contributed by atoms with Crippen molar-refractivity contribution < 1.29 is 33.8 Å². The van der Waals surface area contributed by atoms with Crippen LogP contribution >= 0.6 is 27.7 Å². The van der Waals surface area contributed by atoms with Crippen LogP contribution in [0.3, 0.4) is 0 Å². The van der Waals surface area contributed by atoms with Crippen molar-refractivity contribution >= 4 is 45.4 Å². The molecule has 2 aromatic carbocycles. The van der Waals surface area contributed by atoms with E-state index in [9.17, 15) is 25.1 Å². The number of aliphatic carboxylic acids is 1. The van der Waals surface area contributed by atoms with Crippen molar-refractivity contribution in [2.24, 2.45) is 0 Å². The largest absolute Gasteiger partial charge is 0.506 e. The Balaban J connectivity index is 1.95. The van der Waals surface area contributed by atoms with Gasteiger partial charge in [0.2, 0.25) is 5.89 Å². The number of phenolic OH excluding ortho intramolecular Hbond substituents is 1. The van der Waals surface area contributed by atoms with E-state index in [-0.39, 0.29) is 37.5 Å². The number of nitro benzene ring substituents is 1. The number of carboxylic acids is 1. The molecule has 11 nitrogen and oxygen atoms in total. The molecule has 0 atom stereocenters. The van der Waals surface area contributed by atoms with Crippen molar-refractivity contribution in [2.75, 3.05) is 14.2 Å². The number of ether oxygens (including phenoxy) is 2. The molecule has 1 aromatic heterocycles. The number of hydrogen-bond donors (Lipinski definition) is 2. The molecule has 3 aromatic rings. The number of hydrogen-bond acceptors (Lipinski definition) is 10. The molecule has 0 aliphatic carbocycles. The number of non-ortho nitro benzene ring substituents is 1. The van der Waals surface area contributed by atoms with Gasteiger partial charge in [0, 0.05) is 29.3 Å². The number of aromatic hydroxyl groups is 1. The number of carbonyl (C=O) groups is 1. The van der Waals surface area contributed by atoms with Crippen molar-refractivity contribution in [3.63, 3.8) is 0 Å². The molecule has 0 saturated heterocycles. The van der Waals surface area contributed by atoms with E-state index in [1.807, 2.05) is 0 Å². The maximum absolute atomic E-state index is 11.7. The van der Waals surface area contributed by atoms with Crippen LogP contribution in [0.15, 0.2) is 49.3 Å². The predicted molar refractivity (Wildman–Crippen MR) is 117 cm³/mol. The van der Waals surface area contributed by atoms with E-state index < -0.39 is 10.9 Å². The second kappa shape index (κ2) is 9.70. The number of phenols is 1. The average molecular weight is 524 g/mol. The molecule has 0 aliphatic heterocycles. The first-order chi connectivity index (χ1) is 15.2. The van der Waals surface area contributed by atoms with E-state index in [2.05, 4.69) is 26.1 Å². The topological polar surface area (TPSA) is 158 Å². The molecule has 32 heavy (non-hydrogen) atoms. The van der Waals surface area contributed by atoms with Crippen LogP contribution < -0.4 is 9.47 Å². The molecular formula is C19H14BrN3O8S. The number of halogens is 1. The second-order valence-electron chi connectivity index (χ2n) is 6.01. The van der Waals surface area contributed by atoms with Gasteiger partial charge in [-0.25, -0.2) is 4.79 Å². The molecule has 0 radical (unpaired) electrons. The quantitative estimate of drug-likeness (QED) is 0.187. The standard InChI is InChI=1S/C19H14BrN3O8S/c1-29-12-4-10(5-13(8-12)30-2)17-21-22-19(31-17)32-15(18(25)26)6-9-3-11(23(27)28)7-14(20)16(9)24/h3-8,24H,1-2H3,(H,25,26)/b15-6-. The summed E-state index contributed by atoms with van der Waals surface area (Å²) in [6, 6.07) is 7.08. The van der Waals surface area contributed by atoms with Gasteiger partial charge in [-0.1, -0.05) is 0 Å². The summed E-state index contributed by atoms with van der Waals surface area (Å²) in [5.41, 5.74) is 0.0811. The summed E-state index contributed by atoms with van der Waals surface area (Å²) in [4.78, 5) is 21.8. The molecule has 0 unspecified atom stereocenters. The number of benzene rings is 2. The van der Waals surface area contributed by atoms with Gasteiger partial charge in [-0.15, -0.1) is 10.2 Å². The van der Waals surface area contributed by atoms with E-state index in [0.717, 1.165) is 18.2 Å². The lowest BCUT2D eigenvalue weighted by Gasteiger charge is -2.06. The summed E-state index contributed by atoms with van der Waals surface area (Å²) in [5.74, 6) is -0.644. The van der Waals surface area contributed by atoms with Crippen LogP contribution in [0.2, 0.25) is 0 Å². The first-order valence-corrected chi connectivity index (χ1v) is 10.2. The minimum atomic E-state index is -1.36. The number of rotatable bonds is 8. The van der Waals surface area contributed by atoms with Crippen molar-refractivity contribution in [1.82, 2.24) is 10.2 Å². The van der Waals surface area contributed by atoms with Gasteiger partial charge in [0.05, 0.1) is 23.6 Å². The minimum absolute atomic E-state index is 0.0414. The zero-order valence-electron chi connectivity index (χ0n) is 16.4. The number of nitro groups is 1. The number of aromatic nitrogens is 2. The van der Waals surface area contributed by atoms with Crippen LogP contribution in [-0.4, -0.2) is 45.5 Å². The molecule has 0 spiro atoms. The molecule has 1 heterocycles. The number of methoxy groups -OCH3 is 2. The lowest BCUT2D eigenvalue weighted by atomic mass is 10.1. The van der Waals surface area contributed by atoms with Gasteiger partial charge in [-0.3, -0.25) is 10.1 Å². The first-order valence-electron chi connectivity index (χ1n) is 8.58. The highest BCUT2D eigenvalue weighted by Crippen LogP contribution is 2.37. The molecule has 166 valence electrons. The molecule has 0 saturated carbocycles. The van der Waals surface area contributed by atoms with Crippen LogP contribution in [0.25, 0.3) is 17.5 Å². The summed E-state index contributed by atoms with van der Waals surface area (Å²) in [7, 11) is 2.97. The molecule has 0 bridgehead atoms. The predicted octanol–water partition coefficient (Wildman–Crippen LogP) is 4.35. The fourth-order valence-corrected chi connectivity index (χ4v) is 3.62. The van der Waals surface area contributed by atoms with Gasteiger partial charge in [0.1, 0.15) is 22.2 Å². The zero-order valence-corrected chi connectivity index (χ0v) is 18.8. The maximum Gasteiger partial charge on any atom is 0.342 e. The van der Waals surface area contributed by atoms with E-state index in [4.69, 9.17) is 13.9 Å². The molecule has 3 rings (SSSR count). The number of carboxylic acid groups (broad SMARTS) is 1. The van der Waals surface area contributed by atoms with E-state index in [1.165, 1.54) is 14.2 Å². The van der Waals surface area contributed by atoms with E-state index >= 15 is 0 Å². The summed E-state index contributed by atoms with van der Waals surface area (Å²) >= 11 is 3.63. The fourth-order valence-electron chi connectivity index (χ4n) is 2.49. The second-order valence-corrected chi connectivity index (χ2v) is 7.86. The van der Waals surface area contributed by atoms with E-state index in [1.54, 1.807) is 18.2 Å². The highest BCUT2D eigenvalue weighted by Gasteiger charge is 2.20. The Morgan fingerprint density at radius 2 is 1.84 bits per heavy atom. The lowest BCUT2D eigenvalue weighted by Crippen LogP contribution is -1.97. The van der Waals surface area contributed by atoms with Crippen LogP contribution in [-0.2, 0) is 4.79 Å². The number of thioether (sulfide) groups is 1. The molecule has 13 heteroatoms. The summed E-state index contributed by atoms with van der Waals surface area (Å²) in [6.07, 6.45) is 1.07. The number of nitrogens with zero attached hydrogens (tertiary/aromatic N) is 3. The zero-order chi connectivity index (χ0) is 23.4. The molecule has 0 aliphatic rings. The lowest BCUT2D eigenvalue weighted by molar-refractivity contribution is -0.385. The molecule has 0 fully saturated rings. The van der Waals surface area contributed by atoms with Crippen molar-refractivity contribution in [3.8, 4) is 28.7 Å². The SMILES string of the molecule is COc1cc(OC)cc(-c2nnc(S/C(=C\c3cc([N+](=O)[O-])cc(Br)c3O)C(=O)O)o2)c1. The highest BCUT2D eigenvalue weighted by atomic mass is 79.9. The van der Waals surface area contributed by atoms with Crippen molar-refractivity contribution in [3.05, 3.63) is 55.4 Å². The Bertz CT molecular complexity index is 1210. The van der Waals surface area contributed by atoms with Gasteiger partial charge in [-0.05, 0) is 45.9 Å². The Kier molecular flexibility index (Phi) is 7.00. The molecular weight excluding hydrogens is 510 g/mol. The fraction of sp³-hybridized carbons (Fsp3) is 0.105. The van der Waals surface area contributed by atoms with Crippen LogP contribution in [0.5, 0.6) is 17.2 Å². The Labute approximate surface area is 193 Å². The summed E-state index contributed by atoms with van der Waals surface area (Å²) in [5, 5.41) is 38.4. The van der Waals surface area contributed by atoms with Gasteiger partial charge >= 0.3 is 5.97 Å². The first kappa shape index (κ1) is 23.1. The van der Waals surface area contributed by atoms with Crippen molar-refractivity contribution in [2.45, 2.75) is 5.22 Å². The van der Waals surface area contributed by atoms with E-state index in [0.29, 0.717) is 28.8 Å². The third kappa shape index (κ3) is 5.18. The molecule has 2 N–H and O–H groups in total. The Morgan fingerprint density at radius 1 is 1.19 bits per heavy atom. The third-order valence-corrected chi connectivity index (χ3v) is 5.44. The minimum Gasteiger partial charge on any atom is -0.506 e. The Hall–Kier alpha value is -3.58. The van der Waals surface area contributed by atoms with Crippen LogP contribution in [0.1, 0.15) is 5.56 Å².